The molecule has 6 nitrogen and oxygen atoms in total. The summed E-state index contributed by atoms with van der Waals surface area (Å²) >= 11 is 12.1. The number of allylic oxidation sites excluding steroid dienone is 1. The highest BCUT2D eigenvalue weighted by atomic mass is 35.5. The number of ketones is 1. The molecule has 2 aromatic carbocycles. The largest absolute Gasteiger partial charge is 0.457 e. The standard InChI is InChI=1S/C23H13Cl2NO5/c24-15-3-8-18(19(25)13-15)22-11-12-23(31-22)20(27)9-6-17-7-10-21(30-17)14-1-4-16(5-2-14)26(28)29/h1-13H/b9-6+. The third-order valence-electron chi connectivity index (χ3n) is 4.43. The monoisotopic (exact) mass is 453 g/mol. The Kier molecular flexibility index (Phi) is 5.75. The third kappa shape index (κ3) is 4.60. The number of halogens is 2. The fourth-order valence-electron chi connectivity index (χ4n) is 2.89. The van der Waals surface area contributed by atoms with E-state index in [0.29, 0.717) is 38.5 Å². The smallest absolute Gasteiger partial charge is 0.269 e. The van der Waals surface area contributed by atoms with Crippen LogP contribution in [0.25, 0.3) is 28.7 Å². The van der Waals surface area contributed by atoms with Gasteiger partial charge in [0.2, 0.25) is 5.78 Å². The molecule has 0 unspecified atom stereocenters. The number of rotatable bonds is 6. The fourth-order valence-corrected chi connectivity index (χ4v) is 3.39. The van der Waals surface area contributed by atoms with Gasteiger partial charge in [0.05, 0.1) is 9.95 Å². The van der Waals surface area contributed by atoms with E-state index < -0.39 is 4.92 Å². The minimum Gasteiger partial charge on any atom is -0.457 e. The first-order valence-electron chi connectivity index (χ1n) is 9.03. The molecule has 31 heavy (non-hydrogen) atoms. The Morgan fingerprint density at radius 3 is 2.35 bits per heavy atom. The number of hydrogen-bond donors (Lipinski definition) is 0. The highest BCUT2D eigenvalue weighted by molar-refractivity contribution is 6.36. The molecular weight excluding hydrogens is 441 g/mol. The molecule has 2 aromatic heterocycles. The minimum atomic E-state index is -0.466. The van der Waals surface area contributed by atoms with E-state index in [9.17, 15) is 14.9 Å². The van der Waals surface area contributed by atoms with E-state index >= 15 is 0 Å². The Bertz CT molecular complexity index is 1300. The summed E-state index contributed by atoms with van der Waals surface area (Å²) in [6.45, 7) is 0. The average molecular weight is 454 g/mol. The number of benzene rings is 2. The van der Waals surface area contributed by atoms with Gasteiger partial charge in [-0.3, -0.25) is 14.9 Å². The second-order valence-electron chi connectivity index (χ2n) is 6.49. The molecule has 154 valence electrons. The van der Waals surface area contributed by atoms with Crippen LogP contribution in [0.3, 0.4) is 0 Å². The lowest BCUT2D eigenvalue weighted by Gasteiger charge is -2.00. The highest BCUT2D eigenvalue weighted by Crippen LogP contribution is 2.32. The zero-order valence-corrected chi connectivity index (χ0v) is 17.3. The summed E-state index contributed by atoms with van der Waals surface area (Å²) < 4.78 is 11.3. The van der Waals surface area contributed by atoms with Gasteiger partial charge in [0.15, 0.2) is 5.76 Å². The van der Waals surface area contributed by atoms with Gasteiger partial charge < -0.3 is 8.83 Å². The number of carbonyl (C=O) groups is 1. The second-order valence-corrected chi connectivity index (χ2v) is 7.34. The number of hydrogen-bond acceptors (Lipinski definition) is 5. The average Bonchev–Trinajstić information content (AvgIpc) is 3.42. The van der Waals surface area contributed by atoms with E-state index in [0.717, 1.165) is 0 Å². The zero-order valence-electron chi connectivity index (χ0n) is 15.7. The van der Waals surface area contributed by atoms with Crippen molar-refractivity contribution in [2.24, 2.45) is 0 Å². The SMILES string of the molecule is O=C(/C=C/c1ccc(-c2ccc([N+](=O)[O-])cc2)o1)c1ccc(-c2ccc(Cl)cc2Cl)o1. The molecule has 8 heteroatoms. The Morgan fingerprint density at radius 1 is 0.903 bits per heavy atom. The van der Waals surface area contributed by atoms with Crippen LogP contribution >= 0.6 is 23.2 Å². The zero-order chi connectivity index (χ0) is 22.0. The number of nitro benzene ring substituents is 1. The molecule has 0 bridgehead atoms. The summed E-state index contributed by atoms with van der Waals surface area (Å²) in [6, 6.07) is 17.7. The van der Waals surface area contributed by atoms with Crippen LogP contribution in [-0.2, 0) is 0 Å². The predicted molar refractivity (Wildman–Crippen MR) is 118 cm³/mol. The molecule has 0 aliphatic rings. The van der Waals surface area contributed by atoms with Crippen molar-refractivity contribution >= 4 is 40.7 Å². The minimum absolute atomic E-state index is 0.00118. The molecule has 0 aliphatic carbocycles. The molecule has 0 fully saturated rings. The molecule has 0 atom stereocenters. The van der Waals surface area contributed by atoms with Gasteiger partial charge in [-0.1, -0.05) is 23.2 Å². The molecule has 0 saturated carbocycles. The molecule has 0 spiro atoms. The van der Waals surface area contributed by atoms with Gasteiger partial charge in [0, 0.05) is 28.3 Å². The van der Waals surface area contributed by atoms with Crippen LogP contribution in [0.2, 0.25) is 10.0 Å². The third-order valence-corrected chi connectivity index (χ3v) is 4.98. The maximum Gasteiger partial charge on any atom is 0.269 e. The topological polar surface area (TPSA) is 86.5 Å². The lowest BCUT2D eigenvalue weighted by molar-refractivity contribution is -0.384. The van der Waals surface area contributed by atoms with Gasteiger partial charge in [0.25, 0.3) is 5.69 Å². The quantitative estimate of drug-likeness (QED) is 0.132. The van der Waals surface area contributed by atoms with E-state index in [2.05, 4.69) is 0 Å². The van der Waals surface area contributed by atoms with Crippen LogP contribution < -0.4 is 0 Å². The van der Waals surface area contributed by atoms with Crippen molar-refractivity contribution in [1.82, 2.24) is 0 Å². The van der Waals surface area contributed by atoms with Gasteiger partial charge in [-0.15, -0.1) is 0 Å². The molecule has 0 N–H and O–H groups in total. The molecule has 0 amide bonds. The van der Waals surface area contributed by atoms with Crippen molar-refractivity contribution in [3.05, 3.63) is 104 Å². The first-order chi connectivity index (χ1) is 14.9. The Morgan fingerprint density at radius 2 is 1.65 bits per heavy atom. The maximum absolute atomic E-state index is 12.4. The molecule has 0 saturated heterocycles. The van der Waals surface area contributed by atoms with Crippen molar-refractivity contribution in [2.45, 2.75) is 0 Å². The van der Waals surface area contributed by atoms with Crippen molar-refractivity contribution in [1.29, 1.82) is 0 Å². The summed E-state index contributed by atoms with van der Waals surface area (Å²) in [7, 11) is 0. The van der Waals surface area contributed by atoms with Crippen molar-refractivity contribution in [3.8, 4) is 22.6 Å². The summed E-state index contributed by atoms with van der Waals surface area (Å²) in [5.74, 6) is 1.25. The fraction of sp³-hybridized carbons (Fsp3) is 0. The van der Waals surface area contributed by atoms with Crippen molar-refractivity contribution in [2.75, 3.05) is 0 Å². The summed E-state index contributed by atoms with van der Waals surface area (Å²) in [5.41, 5.74) is 1.32. The van der Waals surface area contributed by atoms with Gasteiger partial charge in [-0.25, -0.2) is 0 Å². The Hall–Kier alpha value is -3.61. The number of non-ortho nitro benzene ring substituents is 1. The lowest BCUT2D eigenvalue weighted by atomic mass is 10.1. The second kappa shape index (κ2) is 8.63. The van der Waals surface area contributed by atoms with E-state index in [1.165, 1.54) is 24.3 Å². The van der Waals surface area contributed by atoms with Gasteiger partial charge in [-0.05, 0) is 66.7 Å². The summed E-state index contributed by atoms with van der Waals surface area (Å²) in [4.78, 5) is 22.7. The lowest BCUT2D eigenvalue weighted by Crippen LogP contribution is -1.90. The van der Waals surface area contributed by atoms with Crippen LogP contribution in [0.5, 0.6) is 0 Å². The van der Waals surface area contributed by atoms with Crippen LogP contribution in [0, 0.1) is 10.1 Å². The maximum atomic E-state index is 12.4. The predicted octanol–water partition coefficient (Wildman–Crippen LogP) is 7.32. The van der Waals surface area contributed by atoms with Gasteiger partial charge >= 0.3 is 0 Å². The van der Waals surface area contributed by atoms with E-state index in [1.807, 2.05) is 0 Å². The van der Waals surface area contributed by atoms with Crippen LogP contribution in [0.15, 0.2) is 81.6 Å². The van der Waals surface area contributed by atoms with Gasteiger partial charge in [0.1, 0.15) is 17.3 Å². The van der Waals surface area contributed by atoms with E-state index in [1.54, 1.807) is 54.6 Å². The normalized spacial score (nSPS) is 11.2. The summed E-state index contributed by atoms with van der Waals surface area (Å²) in [6.07, 6.45) is 2.86. The number of nitro groups is 1. The number of furan rings is 2. The number of nitrogens with zero attached hydrogens (tertiary/aromatic N) is 1. The molecule has 0 aliphatic heterocycles. The highest BCUT2D eigenvalue weighted by Gasteiger charge is 2.13. The van der Waals surface area contributed by atoms with Crippen LogP contribution in [0.1, 0.15) is 16.3 Å². The van der Waals surface area contributed by atoms with Gasteiger partial charge in [-0.2, -0.15) is 0 Å². The van der Waals surface area contributed by atoms with Crippen molar-refractivity contribution < 1.29 is 18.6 Å². The first-order valence-corrected chi connectivity index (χ1v) is 9.78. The molecule has 0 radical (unpaired) electrons. The first kappa shape index (κ1) is 20.7. The molecule has 4 rings (SSSR count). The van der Waals surface area contributed by atoms with Crippen LogP contribution in [-0.4, -0.2) is 10.7 Å². The van der Waals surface area contributed by atoms with Crippen LogP contribution in [0.4, 0.5) is 5.69 Å². The molecular formula is C23H13Cl2NO5. The van der Waals surface area contributed by atoms with E-state index in [4.69, 9.17) is 32.0 Å². The summed E-state index contributed by atoms with van der Waals surface area (Å²) in [5, 5.41) is 11.7. The Balaban J connectivity index is 1.48. The Labute approximate surface area is 186 Å². The van der Waals surface area contributed by atoms with E-state index in [-0.39, 0.29) is 17.2 Å². The number of carbonyl (C=O) groups excluding carboxylic acids is 1. The molecule has 2 heterocycles. The molecule has 4 aromatic rings. The van der Waals surface area contributed by atoms with Crippen molar-refractivity contribution in [3.63, 3.8) is 0 Å².